The highest BCUT2D eigenvalue weighted by molar-refractivity contribution is 5.47. The van der Waals surface area contributed by atoms with Crippen molar-refractivity contribution in [3.05, 3.63) is 17.7 Å². The number of nitrogen functional groups attached to an aromatic ring is 1. The maximum atomic E-state index is 13.6. The van der Waals surface area contributed by atoms with Crippen molar-refractivity contribution in [3.63, 3.8) is 0 Å². The molecule has 0 bridgehead atoms. The molecule has 0 saturated heterocycles. The summed E-state index contributed by atoms with van der Waals surface area (Å²) in [6.07, 6.45) is 2.07. The summed E-state index contributed by atoms with van der Waals surface area (Å²) in [5.41, 5.74) is 2.11. The average molecular weight is 256 g/mol. The van der Waals surface area contributed by atoms with Crippen molar-refractivity contribution < 1.29 is 8.78 Å². The molecule has 0 amide bonds. The first-order chi connectivity index (χ1) is 8.52. The van der Waals surface area contributed by atoms with Gasteiger partial charge in [-0.15, -0.1) is 0 Å². The van der Waals surface area contributed by atoms with Crippen LogP contribution >= 0.6 is 0 Å². The lowest BCUT2D eigenvalue weighted by Gasteiger charge is -2.20. The Morgan fingerprint density at radius 3 is 2.44 bits per heavy atom. The van der Waals surface area contributed by atoms with E-state index in [2.05, 4.69) is 29.6 Å². The second-order valence-electron chi connectivity index (χ2n) is 4.96. The third kappa shape index (κ3) is 2.38. The Hall–Kier alpha value is -1.43. The first-order valence-electron chi connectivity index (χ1n) is 6.12. The molecule has 0 aliphatic heterocycles. The molecular weight excluding hydrogens is 238 g/mol. The highest BCUT2D eigenvalue weighted by Crippen LogP contribution is 2.33. The van der Waals surface area contributed by atoms with Gasteiger partial charge in [0.1, 0.15) is 0 Å². The van der Waals surface area contributed by atoms with Gasteiger partial charge in [-0.3, -0.25) is 0 Å². The Morgan fingerprint density at radius 2 is 1.89 bits per heavy atom. The maximum Gasteiger partial charge on any atom is 0.178 e. The molecule has 1 fully saturated rings. The van der Waals surface area contributed by atoms with E-state index in [0.29, 0.717) is 11.8 Å². The fourth-order valence-corrected chi connectivity index (χ4v) is 2.41. The molecule has 1 heterocycles. The first kappa shape index (κ1) is 13.0. The van der Waals surface area contributed by atoms with Gasteiger partial charge in [-0.25, -0.2) is 19.6 Å². The second-order valence-corrected chi connectivity index (χ2v) is 4.96. The van der Waals surface area contributed by atoms with Crippen molar-refractivity contribution in [1.82, 2.24) is 4.98 Å². The SMILES string of the molecule is CC1CCC(Nc2nc(NN)c(F)cc2F)C1C. The fourth-order valence-electron chi connectivity index (χ4n) is 2.41. The number of pyridine rings is 1. The number of nitrogens with one attached hydrogen (secondary N) is 2. The van der Waals surface area contributed by atoms with E-state index in [1.807, 2.05) is 0 Å². The third-order valence-electron chi connectivity index (χ3n) is 3.85. The van der Waals surface area contributed by atoms with Gasteiger partial charge >= 0.3 is 0 Å². The minimum absolute atomic E-state index is 0.0512. The molecule has 1 aliphatic carbocycles. The van der Waals surface area contributed by atoms with Crippen molar-refractivity contribution in [2.45, 2.75) is 32.7 Å². The molecule has 2 rings (SSSR count). The number of anilines is 2. The maximum absolute atomic E-state index is 13.6. The third-order valence-corrected chi connectivity index (χ3v) is 3.85. The highest BCUT2D eigenvalue weighted by atomic mass is 19.1. The zero-order chi connectivity index (χ0) is 13.3. The summed E-state index contributed by atoms with van der Waals surface area (Å²) >= 11 is 0. The number of hydrazine groups is 1. The van der Waals surface area contributed by atoms with Crippen LogP contribution in [0, 0.1) is 23.5 Å². The zero-order valence-corrected chi connectivity index (χ0v) is 10.5. The summed E-state index contributed by atoms with van der Waals surface area (Å²) in [4.78, 5) is 3.82. The molecule has 100 valence electrons. The normalized spacial score (nSPS) is 27.3. The molecule has 1 aliphatic rings. The summed E-state index contributed by atoms with van der Waals surface area (Å²) in [6, 6.07) is 0.950. The highest BCUT2D eigenvalue weighted by Gasteiger charge is 2.30. The molecule has 0 aromatic carbocycles. The largest absolute Gasteiger partial charge is 0.365 e. The van der Waals surface area contributed by atoms with E-state index in [1.54, 1.807) is 0 Å². The lowest BCUT2D eigenvalue weighted by atomic mass is 9.98. The molecule has 3 atom stereocenters. The van der Waals surface area contributed by atoms with E-state index in [4.69, 9.17) is 5.84 Å². The molecule has 0 radical (unpaired) electrons. The lowest BCUT2D eigenvalue weighted by Crippen LogP contribution is -2.25. The van der Waals surface area contributed by atoms with Crippen molar-refractivity contribution in [3.8, 4) is 0 Å². The van der Waals surface area contributed by atoms with Gasteiger partial charge in [0.05, 0.1) is 0 Å². The molecule has 1 aromatic rings. The fraction of sp³-hybridized carbons (Fsp3) is 0.583. The number of halogens is 2. The van der Waals surface area contributed by atoms with Crippen LogP contribution < -0.4 is 16.6 Å². The Kier molecular flexibility index (Phi) is 3.65. The summed E-state index contributed by atoms with van der Waals surface area (Å²) in [7, 11) is 0. The van der Waals surface area contributed by atoms with Crippen LogP contribution in [0.4, 0.5) is 20.4 Å². The molecule has 4 nitrogen and oxygen atoms in total. The van der Waals surface area contributed by atoms with Gasteiger partial charge < -0.3 is 10.7 Å². The van der Waals surface area contributed by atoms with Gasteiger partial charge in [0, 0.05) is 12.1 Å². The summed E-state index contributed by atoms with van der Waals surface area (Å²) in [5.74, 6) is 4.56. The number of aromatic nitrogens is 1. The number of nitrogens with two attached hydrogens (primary N) is 1. The van der Waals surface area contributed by atoms with Crippen molar-refractivity contribution in [2.24, 2.45) is 17.7 Å². The molecule has 18 heavy (non-hydrogen) atoms. The van der Waals surface area contributed by atoms with E-state index in [9.17, 15) is 8.78 Å². The number of hydrogen-bond acceptors (Lipinski definition) is 4. The second kappa shape index (κ2) is 5.06. The van der Waals surface area contributed by atoms with Gasteiger partial charge in [-0.1, -0.05) is 13.8 Å². The summed E-state index contributed by atoms with van der Waals surface area (Å²) < 4.78 is 26.8. The number of nitrogens with zero attached hydrogens (tertiary/aromatic N) is 1. The van der Waals surface area contributed by atoms with Crippen LogP contribution in [0.5, 0.6) is 0 Å². The zero-order valence-electron chi connectivity index (χ0n) is 10.5. The Morgan fingerprint density at radius 1 is 1.22 bits per heavy atom. The van der Waals surface area contributed by atoms with Crippen LogP contribution in [0.15, 0.2) is 6.07 Å². The molecule has 6 heteroatoms. The van der Waals surface area contributed by atoms with E-state index in [-0.39, 0.29) is 17.7 Å². The van der Waals surface area contributed by atoms with Crippen LogP contribution in [0.3, 0.4) is 0 Å². The van der Waals surface area contributed by atoms with Crippen LogP contribution in [-0.4, -0.2) is 11.0 Å². The standard InChI is InChI=1S/C12H18F2N4/c1-6-3-4-10(7(6)2)16-11-8(13)5-9(14)12(17-11)18-15/h5-7,10H,3-4,15H2,1-2H3,(H2,16,17,18). The molecule has 4 N–H and O–H groups in total. The van der Waals surface area contributed by atoms with Crippen molar-refractivity contribution >= 4 is 11.6 Å². The quantitative estimate of drug-likeness (QED) is 0.574. The minimum Gasteiger partial charge on any atom is -0.365 e. The predicted octanol–water partition coefficient (Wildman–Crippen LogP) is 2.49. The van der Waals surface area contributed by atoms with Gasteiger partial charge in [0.25, 0.3) is 0 Å². The Bertz CT molecular complexity index is 438. The summed E-state index contributed by atoms with van der Waals surface area (Å²) in [5, 5.41) is 3.04. The van der Waals surface area contributed by atoms with E-state index in [0.717, 1.165) is 18.9 Å². The van der Waals surface area contributed by atoms with Gasteiger partial charge in [-0.05, 0) is 24.7 Å². The monoisotopic (exact) mass is 256 g/mol. The molecular formula is C12H18F2N4. The van der Waals surface area contributed by atoms with Crippen molar-refractivity contribution in [1.29, 1.82) is 0 Å². The van der Waals surface area contributed by atoms with Crippen LogP contribution in [0.25, 0.3) is 0 Å². The van der Waals surface area contributed by atoms with Gasteiger partial charge in [-0.2, -0.15) is 0 Å². The molecule has 1 saturated carbocycles. The Labute approximate surface area is 105 Å². The van der Waals surface area contributed by atoms with Gasteiger partial charge in [0.15, 0.2) is 23.3 Å². The molecule has 1 aromatic heterocycles. The predicted molar refractivity (Wildman–Crippen MR) is 66.9 cm³/mol. The van der Waals surface area contributed by atoms with E-state index >= 15 is 0 Å². The molecule has 0 spiro atoms. The van der Waals surface area contributed by atoms with Crippen LogP contribution in [0.2, 0.25) is 0 Å². The van der Waals surface area contributed by atoms with Gasteiger partial charge in [0.2, 0.25) is 0 Å². The number of hydrogen-bond donors (Lipinski definition) is 3. The van der Waals surface area contributed by atoms with Crippen LogP contribution in [-0.2, 0) is 0 Å². The lowest BCUT2D eigenvalue weighted by molar-refractivity contribution is 0.433. The van der Waals surface area contributed by atoms with Crippen LogP contribution in [0.1, 0.15) is 26.7 Å². The first-order valence-corrected chi connectivity index (χ1v) is 6.12. The Balaban J connectivity index is 2.19. The van der Waals surface area contributed by atoms with E-state index < -0.39 is 11.6 Å². The minimum atomic E-state index is -0.798. The topological polar surface area (TPSA) is 63.0 Å². The molecule has 3 unspecified atom stereocenters. The average Bonchev–Trinajstić information content (AvgIpc) is 2.64. The number of rotatable bonds is 3. The smallest absolute Gasteiger partial charge is 0.178 e. The van der Waals surface area contributed by atoms with Crippen molar-refractivity contribution in [2.75, 3.05) is 10.7 Å². The summed E-state index contributed by atoms with van der Waals surface area (Å²) in [6.45, 7) is 4.30. The van der Waals surface area contributed by atoms with E-state index in [1.165, 1.54) is 0 Å².